The van der Waals surface area contributed by atoms with Crippen LogP contribution in [0.2, 0.25) is 0 Å². The smallest absolute Gasteiger partial charge is 0.323 e. The maximum Gasteiger partial charge on any atom is 0.323 e. The number of benzene rings is 1. The van der Waals surface area contributed by atoms with Crippen molar-refractivity contribution in [3.63, 3.8) is 0 Å². The zero-order valence-corrected chi connectivity index (χ0v) is 22.5. The Kier molecular flexibility index (Phi) is 9.40. The number of carbonyl (C=O) groups excluding carboxylic acids is 3. The minimum Gasteiger partial charge on any atom is -0.469 e. The van der Waals surface area contributed by atoms with Crippen molar-refractivity contribution in [2.24, 2.45) is 16.3 Å². The van der Waals surface area contributed by atoms with Crippen molar-refractivity contribution in [1.29, 1.82) is 0 Å². The first-order valence-corrected chi connectivity index (χ1v) is 12.3. The monoisotopic (exact) mass is 487 g/mol. The molecular formula is C28H41NO6. The molecule has 1 aromatic carbocycles. The highest BCUT2D eigenvalue weighted by Crippen LogP contribution is 2.46. The van der Waals surface area contributed by atoms with E-state index in [0.29, 0.717) is 24.3 Å². The van der Waals surface area contributed by atoms with Crippen LogP contribution in [-0.2, 0) is 29.4 Å². The fourth-order valence-corrected chi connectivity index (χ4v) is 4.44. The molecule has 7 heteroatoms. The van der Waals surface area contributed by atoms with Crippen LogP contribution in [0.4, 0.5) is 0 Å². The second kappa shape index (κ2) is 11.5. The van der Waals surface area contributed by atoms with Crippen LogP contribution in [0.5, 0.6) is 0 Å². The number of hydrogen-bond donors (Lipinski definition) is 0. The van der Waals surface area contributed by atoms with E-state index in [9.17, 15) is 14.4 Å². The molecule has 0 saturated carbocycles. The van der Waals surface area contributed by atoms with Crippen molar-refractivity contribution in [3.8, 4) is 0 Å². The summed E-state index contributed by atoms with van der Waals surface area (Å²) in [4.78, 5) is 41.8. The molecular weight excluding hydrogens is 446 g/mol. The highest BCUT2D eigenvalue weighted by atomic mass is 16.6. The number of ether oxygens (including phenoxy) is 3. The predicted molar refractivity (Wildman–Crippen MR) is 136 cm³/mol. The number of rotatable bonds is 9. The molecule has 0 radical (unpaired) electrons. The lowest BCUT2D eigenvalue weighted by Gasteiger charge is -2.45. The Morgan fingerprint density at radius 2 is 1.77 bits per heavy atom. The second-order valence-corrected chi connectivity index (χ2v) is 10.8. The van der Waals surface area contributed by atoms with Crippen LogP contribution in [-0.4, -0.2) is 49.8 Å². The Balaban J connectivity index is 2.20. The van der Waals surface area contributed by atoms with E-state index >= 15 is 0 Å². The molecule has 0 aromatic heterocycles. The van der Waals surface area contributed by atoms with E-state index in [0.717, 1.165) is 31.2 Å². The Labute approximate surface area is 209 Å². The Bertz CT molecular complexity index is 933. The van der Waals surface area contributed by atoms with Crippen LogP contribution < -0.4 is 0 Å². The summed E-state index contributed by atoms with van der Waals surface area (Å²) in [7, 11) is 2.97. The van der Waals surface area contributed by atoms with E-state index in [1.807, 2.05) is 12.1 Å². The predicted octanol–water partition coefficient (Wildman–Crippen LogP) is 5.29. The van der Waals surface area contributed by atoms with Crippen molar-refractivity contribution in [3.05, 3.63) is 35.4 Å². The molecule has 2 rings (SSSR count). The van der Waals surface area contributed by atoms with E-state index in [1.165, 1.54) is 7.11 Å². The fraction of sp³-hybridized carbons (Fsp3) is 0.643. The average Bonchev–Trinajstić information content (AvgIpc) is 2.82. The number of methoxy groups -OCH3 is 1. The summed E-state index contributed by atoms with van der Waals surface area (Å²) in [5, 5.41) is 0. The lowest BCUT2D eigenvalue weighted by atomic mass is 9.73. The van der Waals surface area contributed by atoms with E-state index in [-0.39, 0.29) is 17.2 Å². The van der Waals surface area contributed by atoms with Gasteiger partial charge in [0.25, 0.3) is 0 Å². The first-order valence-electron chi connectivity index (χ1n) is 12.3. The van der Waals surface area contributed by atoms with Crippen LogP contribution in [0, 0.1) is 11.3 Å². The molecule has 0 spiro atoms. The van der Waals surface area contributed by atoms with Crippen LogP contribution in [0.25, 0.3) is 0 Å². The number of hydrogen-bond acceptors (Lipinski definition) is 7. The number of Topliss-reactive ketones (excluding diaryl/α,β-unsaturated/α-hetero) is 1. The first-order chi connectivity index (χ1) is 16.3. The molecule has 0 amide bonds. The topological polar surface area (TPSA) is 91.3 Å². The Morgan fingerprint density at radius 3 is 2.23 bits per heavy atom. The van der Waals surface area contributed by atoms with Gasteiger partial charge in [-0.2, -0.15) is 0 Å². The lowest BCUT2D eigenvalue weighted by molar-refractivity contribution is -0.156. The molecule has 1 aromatic rings. The van der Waals surface area contributed by atoms with Crippen molar-refractivity contribution in [2.45, 2.75) is 84.8 Å². The highest BCUT2D eigenvalue weighted by Gasteiger charge is 2.42. The zero-order chi connectivity index (χ0) is 26.4. The Morgan fingerprint density at radius 1 is 1.14 bits per heavy atom. The van der Waals surface area contributed by atoms with Gasteiger partial charge >= 0.3 is 11.9 Å². The SMILES string of the molecule is CCC1(c2ccc(C(=O)C(C(=O)OC(C)(C)C)C(C)=NC)cc2)CCC(C)(CCC(=O)OC)CO1. The molecule has 3 unspecified atom stereocenters. The normalized spacial score (nSPS) is 23.9. The number of carbonyl (C=O) groups is 3. The van der Waals surface area contributed by atoms with Gasteiger partial charge in [-0.25, -0.2) is 0 Å². The summed E-state index contributed by atoms with van der Waals surface area (Å²) < 4.78 is 16.7. The molecule has 3 atom stereocenters. The Hall–Kier alpha value is -2.54. The number of esters is 2. The van der Waals surface area contributed by atoms with Gasteiger partial charge in [0, 0.05) is 24.7 Å². The van der Waals surface area contributed by atoms with Gasteiger partial charge in [-0.3, -0.25) is 19.4 Å². The van der Waals surface area contributed by atoms with Gasteiger partial charge in [0.2, 0.25) is 0 Å². The lowest BCUT2D eigenvalue weighted by Crippen LogP contribution is -2.41. The standard InChI is InChI=1S/C28H41NO6/c1-9-28(17-16-27(6,18-34-28)15-14-22(30)33-8)21-12-10-20(11-13-21)24(31)23(19(2)29-7)25(32)35-26(3,4)5/h10-13,23H,9,14-18H2,1-8H3. The van der Waals surface area contributed by atoms with Gasteiger partial charge in [0.1, 0.15) is 5.60 Å². The van der Waals surface area contributed by atoms with E-state index < -0.39 is 23.1 Å². The molecule has 0 bridgehead atoms. The summed E-state index contributed by atoms with van der Waals surface area (Å²) >= 11 is 0. The maximum atomic E-state index is 13.3. The van der Waals surface area contributed by atoms with Gasteiger partial charge in [-0.1, -0.05) is 38.1 Å². The van der Waals surface area contributed by atoms with Gasteiger partial charge < -0.3 is 14.2 Å². The second-order valence-electron chi connectivity index (χ2n) is 10.8. The number of ketones is 1. The van der Waals surface area contributed by atoms with Crippen LogP contribution in [0.1, 0.15) is 89.6 Å². The summed E-state index contributed by atoms with van der Waals surface area (Å²) in [6, 6.07) is 7.34. The molecule has 1 aliphatic rings. The van der Waals surface area contributed by atoms with Crippen molar-refractivity contribution in [2.75, 3.05) is 20.8 Å². The summed E-state index contributed by atoms with van der Waals surface area (Å²) in [5.74, 6) is -2.21. The van der Waals surface area contributed by atoms with E-state index in [4.69, 9.17) is 14.2 Å². The van der Waals surface area contributed by atoms with Gasteiger partial charge in [0.15, 0.2) is 11.7 Å². The summed E-state index contributed by atoms with van der Waals surface area (Å²) in [6.07, 6.45) is 3.63. The summed E-state index contributed by atoms with van der Waals surface area (Å²) in [5.41, 5.74) is 0.613. The van der Waals surface area contributed by atoms with E-state index in [1.54, 1.807) is 46.9 Å². The molecule has 1 fully saturated rings. The fourth-order valence-electron chi connectivity index (χ4n) is 4.44. The minimum absolute atomic E-state index is 0.0829. The quantitative estimate of drug-likeness (QED) is 0.203. The average molecular weight is 488 g/mol. The molecule has 7 nitrogen and oxygen atoms in total. The van der Waals surface area contributed by atoms with Crippen molar-refractivity contribution < 1.29 is 28.6 Å². The molecule has 35 heavy (non-hydrogen) atoms. The van der Waals surface area contributed by atoms with Crippen LogP contribution >= 0.6 is 0 Å². The molecule has 194 valence electrons. The van der Waals surface area contributed by atoms with Crippen LogP contribution in [0.15, 0.2) is 29.3 Å². The maximum absolute atomic E-state index is 13.3. The minimum atomic E-state index is -1.08. The third-order valence-electron chi connectivity index (χ3n) is 6.93. The molecule has 0 aliphatic carbocycles. The molecule has 1 saturated heterocycles. The van der Waals surface area contributed by atoms with E-state index in [2.05, 4.69) is 18.8 Å². The summed E-state index contributed by atoms with van der Waals surface area (Å²) in [6.45, 7) is 11.8. The first kappa shape index (κ1) is 28.7. The zero-order valence-electron chi connectivity index (χ0n) is 22.5. The van der Waals surface area contributed by atoms with Crippen molar-refractivity contribution >= 4 is 23.4 Å². The molecule has 1 heterocycles. The van der Waals surface area contributed by atoms with Gasteiger partial charge in [0.05, 0.1) is 19.3 Å². The number of aliphatic imine (C=N–C) groups is 1. The molecule has 0 N–H and O–H groups in total. The third kappa shape index (κ3) is 7.23. The molecule has 1 aliphatic heterocycles. The van der Waals surface area contributed by atoms with Crippen LogP contribution in [0.3, 0.4) is 0 Å². The number of nitrogens with zero attached hydrogens (tertiary/aromatic N) is 1. The van der Waals surface area contributed by atoms with Crippen molar-refractivity contribution in [1.82, 2.24) is 0 Å². The van der Waals surface area contributed by atoms with Gasteiger partial charge in [-0.05, 0) is 64.4 Å². The largest absolute Gasteiger partial charge is 0.469 e. The van der Waals surface area contributed by atoms with Gasteiger partial charge in [-0.15, -0.1) is 0 Å². The third-order valence-corrected chi connectivity index (χ3v) is 6.93. The highest BCUT2D eigenvalue weighted by molar-refractivity contribution is 6.23.